The molecular formula is C18H16BrNO3S2. The molecule has 0 aliphatic carbocycles. The predicted molar refractivity (Wildman–Crippen MR) is 107 cm³/mol. The molecule has 25 heavy (non-hydrogen) atoms. The minimum atomic E-state index is -0.499. The smallest absolute Gasteiger partial charge is 0.338 e. The van der Waals surface area contributed by atoms with Gasteiger partial charge in [-0.05, 0) is 45.8 Å². The molecule has 0 unspecified atom stereocenters. The van der Waals surface area contributed by atoms with E-state index in [-0.39, 0.29) is 12.5 Å². The van der Waals surface area contributed by atoms with Gasteiger partial charge in [-0.3, -0.25) is 4.79 Å². The Labute approximate surface area is 163 Å². The first-order chi connectivity index (χ1) is 12.1. The molecule has 0 bridgehead atoms. The third kappa shape index (κ3) is 5.03. The van der Waals surface area contributed by atoms with Gasteiger partial charge in [0.05, 0.1) is 15.8 Å². The molecule has 2 aromatic carbocycles. The fraction of sp³-hybridized carbons (Fsp3) is 0.222. The number of thioether (sulfide) groups is 2. The summed E-state index contributed by atoms with van der Waals surface area (Å²) in [4.78, 5) is 24.0. The lowest BCUT2D eigenvalue weighted by molar-refractivity contribution is -0.119. The second-order valence-corrected chi connectivity index (χ2v) is 8.88. The van der Waals surface area contributed by atoms with Gasteiger partial charge in [0.15, 0.2) is 6.61 Å². The van der Waals surface area contributed by atoms with Crippen LogP contribution in [0.25, 0.3) is 0 Å². The summed E-state index contributed by atoms with van der Waals surface area (Å²) in [5.74, 6) is 1.44. The van der Waals surface area contributed by atoms with Crippen molar-refractivity contribution in [2.45, 2.75) is 4.58 Å². The van der Waals surface area contributed by atoms with Crippen LogP contribution in [-0.4, -0.2) is 30.0 Å². The third-order valence-electron chi connectivity index (χ3n) is 3.52. The van der Waals surface area contributed by atoms with E-state index in [1.807, 2.05) is 53.9 Å². The number of carbonyl (C=O) groups is 2. The number of esters is 1. The second kappa shape index (κ2) is 8.78. The maximum Gasteiger partial charge on any atom is 0.338 e. The van der Waals surface area contributed by atoms with Crippen LogP contribution in [0.15, 0.2) is 53.0 Å². The SMILES string of the molecule is O=C(COC(=O)c1ccc(C2SCCS2)cc1)Nc1ccccc1Br. The van der Waals surface area contributed by atoms with Crippen LogP contribution in [0.3, 0.4) is 0 Å². The topological polar surface area (TPSA) is 55.4 Å². The number of carbonyl (C=O) groups excluding carboxylic acids is 2. The van der Waals surface area contributed by atoms with E-state index in [2.05, 4.69) is 21.2 Å². The van der Waals surface area contributed by atoms with Crippen LogP contribution in [0.5, 0.6) is 0 Å². The molecule has 2 aromatic rings. The van der Waals surface area contributed by atoms with E-state index in [0.717, 1.165) is 16.0 Å². The quantitative estimate of drug-likeness (QED) is 0.685. The Kier molecular flexibility index (Phi) is 6.45. The van der Waals surface area contributed by atoms with Gasteiger partial charge in [0.1, 0.15) is 0 Å². The monoisotopic (exact) mass is 437 g/mol. The van der Waals surface area contributed by atoms with E-state index in [1.165, 1.54) is 5.56 Å². The van der Waals surface area contributed by atoms with Crippen molar-refractivity contribution >= 4 is 57.0 Å². The van der Waals surface area contributed by atoms with Gasteiger partial charge in [0, 0.05) is 16.0 Å². The van der Waals surface area contributed by atoms with Crippen molar-refractivity contribution in [2.24, 2.45) is 0 Å². The van der Waals surface area contributed by atoms with E-state index in [1.54, 1.807) is 18.2 Å². The number of hydrogen-bond donors (Lipinski definition) is 1. The minimum Gasteiger partial charge on any atom is -0.452 e. The van der Waals surface area contributed by atoms with Gasteiger partial charge in [0.25, 0.3) is 5.91 Å². The molecule has 1 amide bonds. The van der Waals surface area contributed by atoms with Gasteiger partial charge in [-0.25, -0.2) is 4.79 Å². The standard InChI is InChI=1S/C18H16BrNO3S2/c19-14-3-1-2-4-15(14)20-16(21)11-23-17(22)12-5-7-13(8-6-12)18-24-9-10-25-18/h1-8,18H,9-11H2,(H,20,21). The highest BCUT2D eigenvalue weighted by Gasteiger charge is 2.19. The normalized spacial score (nSPS) is 14.3. The van der Waals surface area contributed by atoms with Crippen LogP contribution in [0, 0.1) is 0 Å². The van der Waals surface area contributed by atoms with Gasteiger partial charge in [-0.15, -0.1) is 23.5 Å². The van der Waals surface area contributed by atoms with E-state index in [0.29, 0.717) is 15.8 Å². The predicted octanol–water partition coefficient (Wildman–Crippen LogP) is 4.72. The molecule has 130 valence electrons. The molecule has 1 fully saturated rings. The van der Waals surface area contributed by atoms with E-state index in [9.17, 15) is 9.59 Å². The molecule has 0 spiro atoms. The average Bonchev–Trinajstić information content (AvgIpc) is 3.16. The van der Waals surface area contributed by atoms with Gasteiger partial charge in [-0.2, -0.15) is 0 Å². The van der Waals surface area contributed by atoms with Crippen LogP contribution >= 0.6 is 39.5 Å². The summed E-state index contributed by atoms with van der Waals surface area (Å²) >= 11 is 7.18. The van der Waals surface area contributed by atoms with Crippen LogP contribution < -0.4 is 5.32 Å². The van der Waals surface area contributed by atoms with Gasteiger partial charge in [0.2, 0.25) is 0 Å². The highest BCUT2D eigenvalue weighted by Crippen LogP contribution is 2.45. The first-order valence-electron chi connectivity index (χ1n) is 7.68. The van der Waals surface area contributed by atoms with Gasteiger partial charge >= 0.3 is 5.97 Å². The molecule has 0 aromatic heterocycles. The summed E-state index contributed by atoms with van der Waals surface area (Å²) in [7, 11) is 0. The van der Waals surface area contributed by atoms with Crippen molar-refractivity contribution in [3.8, 4) is 0 Å². The number of anilines is 1. The Morgan fingerprint density at radius 3 is 2.44 bits per heavy atom. The first-order valence-corrected chi connectivity index (χ1v) is 10.6. The Morgan fingerprint density at radius 1 is 1.08 bits per heavy atom. The molecule has 0 radical (unpaired) electrons. The summed E-state index contributed by atoms with van der Waals surface area (Å²) in [6.07, 6.45) is 0. The van der Waals surface area contributed by atoms with Crippen molar-refractivity contribution < 1.29 is 14.3 Å². The van der Waals surface area contributed by atoms with E-state index >= 15 is 0 Å². The number of benzene rings is 2. The van der Waals surface area contributed by atoms with E-state index < -0.39 is 5.97 Å². The molecule has 0 atom stereocenters. The lowest BCUT2D eigenvalue weighted by atomic mass is 10.1. The Bertz CT molecular complexity index is 761. The van der Waals surface area contributed by atoms with Crippen molar-refractivity contribution in [1.29, 1.82) is 0 Å². The number of hydrogen-bond acceptors (Lipinski definition) is 5. The summed E-state index contributed by atoms with van der Waals surface area (Å²) < 4.78 is 6.31. The molecule has 1 aliphatic rings. The van der Waals surface area contributed by atoms with Gasteiger partial charge < -0.3 is 10.1 Å². The zero-order chi connectivity index (χ0) is 17.6. The number of amides is 1. The summed E-state index contributed by atoms with van der Waals surface area (Å²) in [5, 5.41) is 2.69. The molecule has 0 saturated carbocycles. The third-order valence-corrected chi connectivity index (χ3v) is 7.32. The molecular weight excluding hydrogens is 422 g/mol. The highest BCUT2D eigenvalue weighted by molar-refractivity contribution is 9.10. The lowest BCUT2D eigenvalue weighted by Crippen LogP contribution is -2.21. The van der Waals surface area contributed by atoms with Crippen molar-refractivity contribution in [3.63, 3.8) is 0 Å². The fourth-order valence-electron chi connectivity index (χ4n) is 2.29. The second-order valence-electron chi connectivity index (χ2n) is 5.30. The Hall–Kier alpha value is -1.44. The van der Waals surface area contributed by atoms with Crippen molar-refractivity contribution in [1.82, 2.24) is 0 Å². The van der Waals surface area contributed by atoms with Crippen LogP contribution in [0.2, 0.25) is 0 Å². The molecule has 1 heterocycles. The average molecular weight is 438 g/mol. The van der Waals surface area contributed by atoms with Crippen molar-refractivity contribution in [3.05, 3.63) is 64.1 Å². The van der Waals surface area contributed by atoms with Crippen LogP contribution in [-0.2, 0) is 9.53 Å². The van der Waals surface area contributed by atoms with Crippen molar-refractivity contribution in [2.75, 3.05) is 23.4 Å². The fourth-order valence-corrected chi connectivity index (χ4v) is 5.53. The number of rotatable bonds is 5. The number of para-hydroxylation sites is 1. The highest BCUT2D eigenvalue weighted by atomic mass is 79.9. The Morgan fingerprint density at radius 2 is 1.76 bits per heavy atom. The minimum absolute atomic E-state index is 0.323. The maximum atomic E-state index is 12.1. The van der Waals surface area contributed by atoms with Gasteiger partial charge in [-0.1, -0.05) is 24.3 Å². The molecule has 7 heteroatoms. The molecule has 1 N–H and O–H groups in total. The van der Waals surface area contributed by atoms with Crippen LogP contribution in [0.4, 0.5) is 5.69 Å². The summed E-state index contributed by atoms with van der Waals surface area (Å²) in [5.41, 5.74) is 2.29. The molecule has 1 saturated heterocycles. The summed E-state index contributed by atoms with van der Waals surface area (Å²) in [6.45, 7) is -0.323. The van der Waals surface area contributed by atoms with E-state index in [4.69, 9.17) is 4.74 Å². The number of halogens is 1. The zero-order valence-corrected chi connectivity index (χ0v) is 16.5. The molecule has 3 rings (SSSR count). The molecule has 1 aliphatic heterocycles. The number of ether oxygens (including phenoxy) is 1. The maximum absolute atomic E-state index is 12.1. The lowest BCUT2D eigenvalue weighted by Gasteiger charge is -2.10. The number of nitrogens with one attached hydrogen (secondary N) is 1. The molecule has 4 nitrogen and oxygen atoms in total. The first kappa shape index (κ1) is 18.4. The zero-order valence-electron chi connectivity index (χ0n) is 13.2. The largest absolute Gasteiger partial charge is 0.452 e. The Balaban J connectivity index is 1.51. The summed E-state index contributed by atoms with van der Waals surface area (Å²) in [6, 6.07) is 14.7. The van der Waals surface area contributed by atoms with Crippen LogP contribution in [0.1, 0.15) is 20.5 Å².